The standard InChI is InChI=1S/C11H9ClF3N3/c12-9-6-16-2-1-7(9)3-8-5-17-10(18-8)4-11(13,14)15/h1-2,5-6H,3-4H2,(H,17,18). The number of alkyl halides is 3. The van der Waals surface area contributed by atoms with Crippen molar-refractivity contribution in [3.05, 3.63) is 46.8 Å². The number of hydrogen-bond donors (Lipinski definition) is 1. The molecule has 0 spiro atoms. The zero-order valence-electron chi connectivity index (χ0n) is 9.13. The zero-order valence-corrected chi connectivity index (χ0v) is 9.89. The lowest BCUT2D eigenvalue weighted by atomic mass is 10.1. The summed E-state index contributed by atoms with van der Waals surface area (Å²) in [4.78, 5) is 10.2. The summed E-state index contributed by atoms with van der Waals surface area (Å²) in [7, 11) is 0. The quantitative estimate of drug-likeness (QED) is 0.935. The highest BCUT2D eigenvalue weighted by Crippen LogP contribution is 2.21. The first-order valence-corrected chi connectivity index (χ1v) is 5.50. The van der Waals surface area contributed by atoms with E-state index in [1.807, 2.05) is 0 Å². The Morgan fingerprint density at radius 1 is 1.33 bits per heavy atom. The van der Waals surface area contributed by atoms with E-state index in [4.69, 9.17) is 11.6 Å². The third-order valence-electron chi connectivity index (χ3n) is 2.28. The van der Waals surface area contributed by atoms with Gasteiger partial charge in [0.15, 0.2) is 0 Å². The van der Waals surface area contributed by atoms with Crippen molar-refractivity contribution in [3.63, 3.8) is 0 Å². The van der Waals surface area contributed by atoms with Crippen molar-refractivity contribution in [2.24, 2.45) is 0 Å². The van der Waals surface area contributed by atoms with Crippen molar-refractivity contribution in [1.82, 2.24) is 15.0 Å². The van der Waals surface area contributed by atoms with E-state index in [-0.39, 0.29) is 5.82 Å². The number of hydrogen-bond acceptors (Lipinski definition) is 2. The molecule has 2 aromatic heterocycles. The molecule has 0 atom stereocenters. The fourth-order valence-corrected chi connectivity index (χ4v) is 1.70. The van der Waals surface area contributed by atoms with Crippen LogP contribution in [-0.4, -0.2) is 21.1 Å². The first kappa shape index (κ1) is 12.9. The summed E-state index contributed by atoms with van der Waals surface area (Å²) in [6.45, 7) is 0. The van der Waals surface area contributed by atoms with E-state index in [1.54, 1.807) is 12.3 Å². The van der Waals surface area contributed by atoms with E-state index >= 15 is 0 Å². The van der Waals surface area contributed by atoms with Gasteiger partial charge >= 0.3 is 6.18 Å². The first-order chi connectivity index (χ1) is 8.44. The molecule has 2 rings (SSSR count). The van der Waals surface area contributed by atoms with Crippen molar-refractivity contribution in [1.29, 1.82) is 0 Å². The number of imidazole rings is 1. The predicted octanol–water partition coefficient (Wildman–Crippen LogP) is 3.15. The van der Waals surface area contributed by atoms with E-state index in [2.05, 4.69) is 15.0 Å². The van der Waals surface area contributed by atoms with Crippen LogP contribution in [0.1, 0.15) is 17.1 Å². The Bertz CT molecular complexity index is 536. The number of aromatic amines is 1. The van der Waals surface area contributed by atoms with Crippen molar-refractivity contribution < 1.29 is 13.2 Å². The molecule has 0 aliphatic rings. The van der Waals surface area contributed by atoms with Gasteiger partial charge in [-0.05, 0) is 11.6 Å². The lowest BCUT2D eigenvalue weighted by Crippen LogP contribution is -2.12. The van der Waals surface area contributed by atoms with Crippen LogP contribution >= 0.6 is 11.6 Å². The second-order valence-corrected chi connectivity index (χ2v) is 4.18. The van der Waals surface area contributed by atoms with E-state index in [0.29, 0.717) is 17.1 Å². The molecule has 0 aromatic carbocycles. The molecule has 0 amide bonds. The van der Waals surface area contributed by atoms with Crippen LogP contribution in [0.5, 0.6) is 0 Å². The molecule has 18 heavy (non-hydrogen) atoms. The molecule has 96 valence electrons. The second-order valence-electron chi connectivity index (χ2n) is 3.77. The topological polar surface area (TPSA) is 41.6 Å². The molecule has 0 saturated carbocycles. The number of rotatable bonds is 3. The minimum absolute atomic E-state index is 0.0947. The number of nitrogens with zero attached hydrogens (tertiary/aromatic N) is 2. The molecular weight excluding hydrogens is 267 g/mol. The lowest BCUT2D eigenvalue weighted by molar-refractivity contribution is -0.128. The summed E-state index contributed by atoms with van der Waals surface area (Å²) < 4.78 is 36.5. The van der Waals surface area contributed by atoms with E-state index < -0.39 is 12.6 Å². The molecule has 0 fully saturated rings. The van der Waals surface area contributed by atoms with Crippen LogP contribution in [0, 0.1) is 0 Å². The third kappa shape index (κ3) is 3.46. The highest BCUT2D eigenvalue weighted by Gasteiger charge is 2.29. The van der Waals surface area contributed by atoms with Crippen molar-refractivity contribution in [2.45, 2.75) is 19.0 Å². The lowest BCUT2D eigenvalue weighted by Gasteiger charge is -2.02. The van der Waals surface area contributed by atoms with Gasteiger partial charge in [0, 0.05) is 25.0 Å². The van der Waals surface area contributed by atoms with Crippen LogP contribution in [0.2, 0.25) is 5.02 Å². The number of nitrogens with one attached hydrogen (secondary N) is 1. The zero-order chi connectivity index (χ0) is 13.2. The molecule has 0 saturated heterocycles. The monoisotopic (exact) mass is 275 g/mol. The Hall–Kier alpha value is -1.56. The highest BCUT2D eigenvalue weighted by molar-refractivity contribution is 6.31. The molecule has 0 radical (unpaired) electrons. The molecule has 2 aromatic rings. The van der Waals surface area contributed by atoms with Gasteiger partial charge in [-0.15, -0.1) is 0 Å². The average molecular weight is 276 g/mol. The molecular formula is C11H9ClF3N3. The molecule has 1 N–H and O–H groups in total. The Morgan fingerprint density at radius 2 is 2.11 bits per heavy atom. The largest absolute Gasteiger partial charge is 0.396 e. The van der Waals surface area contributed by atoms with Gasteiger partial charge in [-0.3, -0.25) is 4.98 Å². The van der Waals surface area contributed by atoms with Gasteiger partial charge in [0.05, 0.1) is 10.7 Å². The summed E-state index contributed by atoms with van der Waals surface area (Å²) in [5.41, 5.74) is 1.29. The fourth-order valence-electron chi connectivity index (χ4n) is 1.52. The molecule has 2 heterocycles. The molecule has 0 unspecified atom stereocenters. The van der Waals surface area contributed by atoms with Crippen LogP contribution in [0.4, 0.5) is 13.2 Å². The molecule has 0 aliphatic heterocycles. The van der Waals surface area contributed by atoms with E-state index in [0.717, 1.165) is 5.56 Å². The summed E-state index contributed by atoms with van der Waals surface area (Å²) >= 11 is 5.91. The van der Waals surface area contributed by atoms with Gasteiger partial charge in [0.25, 0.3) is 0 Å². The summed E-state index contributed by atoms with van der Waals surface area (Å²) in [5, 5.41) is 0.470. The van der Waals surface area contributed by atoms with Gasteiger partial charge in [-0.1, -0.05) is 11.6 Å². The van der Waals surface area contributed by atoms with Gasteiger partial charge < -0.3 is 4.98 Å². The summed E-state index contributed by atoms with van der Waals surface area (Å²) in [6.07, 6.45) is -0.432. The Labute approximate surface area is 106 Å². The van der Waals surface area contributed by atoms with Crippen LogP contribution in [-0.2, 0) is 12.8 Å². The molecule has 3 nitrogen and oxygen atoms in total. The maximum atomic E-state index is 12.2. The molecule has 0 bridgehead atoms. The predicted molar refractivity (Wildman–Crippen MR) is 60.4 cm³/mol. The Kier molecular flexibility index (Phi) is 3.56. The van der Waals surface area contributed by atoms with Gasteiger partial charge in [-0.2, -0.15) is 13.2 Å². The highest BCUT2D eigenvalue weighted by atomic mass is 35.5. The van der Waals surface area contributed by atoms with Gasteiger partial charge in [-0.25, -0.2) is 4.98 Å². The summed E-state index contributed by atoms with van der Waals surface area (Å²) in [5.74, 6) is -0.0947. The maximum absolute atomic E-state index is 12.2. The smallest absolute Gasteiger partial charge is 0.348 e. The SMILES string of the molecule is FC(F)(F)Cc1nc(Cc2ccncc2Cl)c[nH]1. The van der Waals surface area contributed by atoms with Crippen LogP contribution in [0.3, 0.4) is 0 Å². The number of aromatic nitrogens is 3. The van der Waals surface area contributed by atoms with Crippen molar-refractivity contribution >= 4 is 11.6 Å². The normalized spacial score (nSPS) is 11.8. The maximum Gasteiger partial charge on any atom is 0.396 e. The van der Waals surface area contributed by atoms with Crippen molar-refractivity contribution in [2.75, 3.05) is 0 Å². The second kappa shape index (κ2) is 4.97. The van der Waals surface area contributed by atoms with Gasteiger partial charge in [0.1, 0.15) is 12.2 Å². The molecule has 7 heteroatoms. The van der Waals surface area contributed by atoms with E-state index in [9.17, 15) is 13.2 Å². The van der Waals surface area contributed by atoms with E-state index in [1.165, 1.54) is 12.4 Å². The van der Waals surface area contributed by atoms with Crippen LogP contribution in [0.25, 0.3) is 0 Å². The number of pyridine rings is 1. The minimum atomic E-state index is -4.26. The third-order valence-corrected chi connectivity index (χ3v) is 2.62. The summed E-state index contributed by atoms with van der Waals surface area (Å²) in [6, 6.07) is 1.71. The minimum Gasteiger partial charge on any atom is -0.348 e. The van der Waals surface area contributed by atoms with Crippen LogP contribution in [0.15, 0.2) is 24.7 Å². The average Bonchev–Trinajstić information content (AvgIpc) is 2.66. The molecule has 0 aliphatic carbocycles. The first-order valence-electron chi connectivity index (χ1n) is 5.12. The number of H-pyrrole nitrogens is 1. The van der Waals surface area contributed by atoms with Gasteiger partial charge in [0.2, 0.25) is 0 Å². The van der Waals surface area contributed by atoms with Crippen molar-refractivity contribution in [3.8, 4) is 0 Å². The fraction of sp³-hybridized carbons (Fsp3) is 0.273. The number of halogens is 4. The van der Waals surface area contributed by atoms with Crippen LogP contribution < -0.4 is 0 Å². The Morgan fingerprint density at radius 3 is 2.78 bits per heavy atom. The Balaban J connectivity index is 2.10.